The Balaban J connectivity index is 2.01. The number of ether oxygens (including phenoxy) is 1. The zero-order valence-corrected chi connectivity index (χ0v) is 10.8. The molecule has 3 nitrogen and oxygen atoms in total. The van der Waals surface area contributed by atoms with Crippen LogP contribution in [0.2, 0.25) is 0 Å². The Morgan fingerprint density at radius 1 is 1.29 bits per heavy atom. The zero-order chi connectivity index (χ0) is 12.0. The summed E-state index contributed by atoms with van der Waals surface area (Å²) in [6.45, 7) is 0. The second kappa shape index (κ2) is 3.84. The van der Waals surface area contributed by atoms with E-state index in [1.807, 2.05) is 0 Å². The van der Waals surface area contributed by atoms with Crippen molar-refractivity contribution in [1.82, 2.24) is 4.90 Å². The van der Waals surface area contributed by atoms with E-state index >= 15 is 0 Å². The van der Waals surface area contributed by atoms with E-state index in [9.17, 15) is 4.79 Å². The van der Waals surface area contributed by atoms with E-state index in [1.165, 1.54) is 12.8 Å². The Morgan fingerprint density at radius 2 is 2.12 bits per heavy atom. The minimum atomic E-state index is -0.126. The highest BCUT2D eigenvalue weighted by Gasteiger charge is 2.48. The quantitative estimate of drug-likeness (QED) is 0.699. The Hall–Kier alpha value is -0.830. The van der Waals surface area contributed by atoms with Crippen molar-refractivity contribution in [2.75, 3.05) is 14.1 Å². The molecule has 1 heterocycles. The minimum absolute atomic E-state index is 0.126. The second-order valence-electron chi connectivity index (χ2n) is 5.85. The van der Waals surface area contributed by atoms with Crippen LogP contribution in [0.5, 0.6) is 0 Å². The van der Waals surface area contributed by atoms with E-state index in [0.717, 1.165) is 43.4 Å². The van der Waals surface area contributed by atoms with Crippen molar-refractivity contribution >= 4 is 5.78 Å². The van der Waals surface area contributed by atoms with E-state index in [0.29, 0.717) is 11.7 Å². The predicted molar refractivity (Wildman–Crippen MR) is 65.3 cm³/mol. The normalized spacial score (nSPS) is 36.9. The first-order valence-electron chi connectivity index (χ1n) is 6.75. The van der Waals surface area contributed by atoms with E-state index in [2.05, 4.69) is 19.0 Å². The molecule has 2 aliphatic carbocycles. The molecule has 0 radical (unpaired) electrons. The Morgan fingerprint density at radius 3 is 2.88 bits per heavy atom. The molecule has 1 fully saturated rings. The van der Waals surface area contributed by atoms with Crippen LogP contribution in [0.3, 0.4) is 0 Å². The first kappa shape index (κ1) is 11.3. The van der Waals surface area contributed by atoms with E-state index in [1.54, 1.807) is 0 Å². The van der Waals surface area contributed by atoms with Gasteiger partial charge in [0.1, 0.15) is 5.76 Å². The van der Waals surface area contributed by atoms with Crippen LogP contribution < -0.4 is 0 Å². The van der Waals surface area contributed by atoms with Gasteiger partial charge in [-0.1, -0.05) is 0 Å². The topological polar surface area (TPSA) is 29.5 Å². The summed E-state index contributed by atoms with van der Waals surface area (Å²) in [4.78, 5) is 14.3. The van der Waals surface area contributed by atoms with Crippen molar-refractivity contribution in [2.45, 2.75) is 50.7 Å². The van der Waals surface area contributed by atoms with Crippen molar-refractivity contribution in [3.63, 3.8) is 0 Å². The number of hydrogen-bond donors (Lipinski definition) is 0. The average Bonchev–Trinajstić information content (AvgIpc) is 2.28. The van der Waals surface area contributed by atoms with Gasteiger partial charge < -0.3 is 4.74 Å². The fourth-order valence-electron chi connectivity index (χ4n) is 3.68. The summed E-state index contributed by atoms with van der Waals surface area (Å²) in [5.74, 6) is 1.83. The maximum Gasteiger partial charge on any atom is 0.163 e. The molecule has 2 bridgehead atoms. The lowest BCUT2D eigenvalue weighted by Crippen LogP contribution is -2.53. The van der Waals surface area contributed by atoms with Gasteiger partial charge in [0.2, 0.25) is 0 Å². The highest BCUT2D eigenvalue weighted by atomic mass is 16.5. The summed E-state index contributed by atoms with van der Waals surface area (Å²) in [6.07, 6.45) is 7.11. The van der Waals surface area contributed by atoms with Crippen molar-refractivity contribution in [2.24, 2.45) is 5.92 Å². The van der Waals surface area contributed by atoms with Crippen LogP contribution in [0.15, 0.2) is 11.3 Å². The van der Waals surface area contributed by atoms with Gasteiger partial charge in [-0.15, -0.1) is 0 Å². The third kappa shape index (κ3) is 1.63. The van der Waals surface area contributed by atoms with E-state index < -0.39 is 0 Å². The van der Waals surface area contributed by atoms with Crippen LogP contribution in [0.1, 0.15) is 44.9 Å². The van der Waals surface area contributed by atoms with Crippen LogP contribution in [0.4, 0.5) is 0 Å². The van der Waals surface area contributed by atoms with Gasteiger partial charge in [0, 0.05) is 31.3 Å². The summed E-state index contributed by atoms with van der Waals surface area (Å²) in [5.41, 5.74) is 0.924. The van der Waals surface area contributed by atoms with Gasteiger partial charge in [0.05, 0.1) is 0 Å². The molecule has 17 heavy (non-hydrogen) atoms. The molecule has 3 heteroatoms. The third-order valence-corrected chi connectivity index (χ3v) is 4.63. The van der Waals surface area contributed by atoms with Gasteiger partial charge in [-0.25, -0.2) is 0 Å². The lowest BCUT2D eigenvalue weighted by molar-refractivity contribution is -0.157. The van der Waals surface area contributed by atoms with E-state index in [-0.39, 0.29) is 5.72 Å². The van der Waals surface area contributed by atoms with Crippen LogP contribution in [0, 0.1) is 5.92 Å². The molecular weight excluding hydrogens is 214 g/mol. The number of rotatable bonds is 1. The maximum atomic E-state index is 12.1. The van der Waals surface area contributed by atoms with Crippen LogP contribution in [-0.2, 0) is 9.53 Å². The molecule has 0 aromatic rings. The predicted octanol–water partition coefficient (Wildman–Crippen LogP) is 2.47. The van der Waals surface area contributed by atoms with Crippen molar-refractivity contribution < 1.29 is 9.53 Å². The fourth-order valence-corrected chi connectivity index (χ4v) is 3.68. The van der Waals surface area contributed by atoms with Crippen molar-refractivity contribution in [3.8, 4) is 0 Å². The number of nitrogens with zero attached hydrogens (tertiary/aromatic N) is 1. The van der Waals surface area contributed by atoms with Gasteiger partial charge in [-0.3, -0.25) is 9.69 Å². The van der Waals surface area contributed by atoms with Gasteiger partial charge in [-0.05, 0) is 39.3 Å². The summed E-state index contributed by atoms with van der Waals surface area (Å²) in [6, 6.07) is 0. The molecule has 1 aliphatic heterocycles. The molecule has 2 atom stereocenters. The second-order valence-corrected chi connectivity index (χ2v) is 5.85. The molecule has 0 unspecified atom stereocenters. The van der Waals surface area contributed by atoms with Crippen LogP contribution in [-0.4, -0.2) is 30.5 Å². The molecule has 94 valence electrons. The molecule has 0 amide bonds. The number of ketones is 1. The highest BCUT2D eigenvalue weighted by molar-refractivity contribution is 5.97. The molecule has 3 aliphatic rings. The van der Waals surface area contributed by atoms with Crippen molar-refractivity contribution in [3.05, 3.63) is 11.3 Å². The lowest BCUT2D eigenvalue weighted by atomic mass is 9.72. The molecule has 0 spiro atoms. The monoisotopic (exact) mass is 235 g/mol. The smallest absolute Gasteiger partial charge is 0.163 e. The summed E-state index contributed by atoms with van der Waals surface area (Å²) in [7, 11) is 4.19. The minimum Gasteiger partial charge on any atom is -0.476 e. The number of Topliss-reactive ketones (excluding diaryl/α,β-unsaturated/α-hetero) is 1. The average molecular weight is 235 g/mol. The lowest BCUT2D eigenvalue weighted by Gasteiger charge is -2.50. The Kier molecular flexibility index (Phi) is 2.54. The molecule has 0 aromatic heterocycles. The molecule has 0 N–H and O–H groups in total. The van der Waals surface area contributed by atoms with Gasteiger partial charge in [0.25, 0.3) is 0 Å². The zero-order valence-electron chi connectivity index (χ0n) is 10.8. The van der Waals surface area contributed by atoms with Gasteiger partial charge in [-0.2, -0.15) is 0 Å². The number of fused-ring (bicyclic) bond motifs is 3. The summed E-state index contributed by atoms with van der Waals surface area (Å²) in [5, 5.41) is 0. The fraction of sp³-hybridized carbons (Fsp3) is 0.786. The standard InChI is InChI=1S/C14H21NO2/c1-15(2)14-8-4-5-10(9-14)13-11(16)6-3-7-12(13)17-14/h10H,3-9H2,1-2H3/t10-,14+/m0/s1. The molecule has 3 rings (SSSR count). The van der Waals surface area contributed by atoms with Crippen LogP contribution >= 0.6 is 0 Å². The Labute approximate surface area is 103 Å². The third-order valence-electron chi connectivity index (χ3n) is 4.63. The number of carbonyl (C=O) groups is 1. The first-order valence-corrected chi connectivity index (χ1v) is 6.75. The molecule has 0 saturated heterocycles. The highest BCUT2D eigenvalue weighted by Crippen LogP contribution is 2.48. The Bertz CT molecular complexity index is 386. The SMILES string of the molecule is CN(C)[C@@]12CCC[C@@H](C1)C1=C(CCCC1=O)O2. The number of hydrogen-bond acceptors (Lipinski definition) is 3. The maximum absolute atomic E-state index is 12.1. The van der Waals surface area contributed by atoms with Crippen LogP contribution in [0.25, 0.3) is 0 Å². The first-order chi connectivity index (χ1) is 8.12. The molecule has 0 aromatic carbocycles. The molecule has 1 saturated carbocycles. The summed E-state index contributed by atoms with van der Waals surface area (Å²) < 4.78 is 6.27. The summed E-state index contributed by atoms with van der Waals surface area (Å²) >= 11 is 0. The largest absolute Gasteiger partial charge is 0.476 e. The van der Waals surface area contributed by atoms with Gasteiger partial charge in [0.15, 0.2) is 11.5 Å². The number of allylic oxidation sites excluding steroid dienone is 2. The molecular formula is C14H21NO2. The van der Waals surface area contributed by atoms with Crippen molar-refractivity contribution in [1.29, 1.82) is 0 Å². The number of carbonyl (C=O) groups excluding carboxylic acids is 1. The van der Waals surface area contributed by atoms with E-state index in [4.69, 9.17) is 4.74 Å². The van der Waals surface area contributed by atoms with Gasteiger partial charge >= 0.3 is 0 Å².